The Bertz CT molecular complexity index is 488. The zero-order chi connectivity index (χ0) is 15.7. The van der Waals surface area contributed by atoms with E-state index in [1.807, 2.05) is 0 Å². The third kappa shape index (κ3) is 3.56. The van der Waals surface area contributed by atoms with Gasteiger partial charge >= 0.3 is 5.97 Å². The fraction of sp³-hybridized carbons (Fsp3) is 0.923. The molecule has 7 nitrogen and oxygen atoms in total. The Balaban J connectivity index is 1.99. The highest BCUT2D eigenvalue weighted by atomic mass is 32.2. The number of carboxylic acids is 1. The van der Waals surface area contributed by atoms with Crippen LogP contribution in [0.15, 0.2) is 0 Å². The van der Waals surface area contributed by atoms with Crippen LogP contribution >= 0.6 is 0 Å². The molecule has 2 aliphatic rings. The van der Waals surface area contributed by atoms with Crippen LogP contribution < -0.4 is 5.32 Å². The lowest BCUT2D eigenvalue weighted by molar-refractivity contribution is -0.147. The van der Waals surface area contributed by atoms with Crippen LogP contribution in [-0.4, -0.2) is 79.8 Å². The zero-order valence-electron chi connectivity index (χ0n) is 12.7. The lowest BCUT2D eigenvalue weighted by atomic mass is 9.78. The number of nitrogens with one attached hydrogen (secondary N) is 1. The van der Waals surface area contributed by atoms with E-state index in [4.69, 9.17) is 0 Å². The monoisotopic (exact) mass is 319 g/mol. The molecular weight excluding hydrogens is 294 g/mol. The summed E-state index contributed by atoms with van der Waals surface area (Å²) < 4.78 is 24.6. The summed E-state index contributed by atoms with van der Waals surface area (Å²) in [7, 11) is -1.41. The van der Waals surface area contributed by atoms with Crippen LogP contribution in [0.25, 0.3) is 0 Å². The summed E-state index contributed by atoms with van der Waals surface area (Å²) in [6, 6.07) is 0.212. The molecule has 2 unspecified atom stereocenters. The van der Waals surface area contributed by atoms with E-state index in [0.29, 0.717) is 39.0 Å². The molecule has 0 aromatic rings. The van der Waals surface area contributed by atoms with Gasteiger partial charge in [0.1, 0.15) is 5.54 Å². The maximum Gasteiger partial charge on any atom is 0.323 e. The normalized spacial score (nSPS) is 33.0. The van der Waals surface area contributed by atoms with Gasteiger partial charge < -0.3 is 10.4 Å². The first-order valence-electron chi connectivity index (χ1n) is 7.40. The fourth-order valence-corrected chi connectivity index (χ4v) is 4.31. The Morgan fingerprint density at radius 2 is 1.90 bits per heavy atom. The van der Waals surface area contributed by atoms with E-state index in [0.717, 1.165) is 12.8 Å². The molecule has 122 valence electrons. The second kappa shape index (κ2) is 6.20. The molecule has 0 aromatic carbocycles. The summed E-state index contributed by atoms with van der Waals surface area (Å²) in [6.07, 6.45) is 4.33. The minimum absolute atomic E-state index is 0.212. The highest BCUT2D eigenvalue weighted by Crippen LogP contribution is 2.32. The summed E-state index contributed by atoms with van der Waals surface area (Å²) in [4.78, 5) is 13.8. The number of rotatable bonds is 4. The molecule has 2 atom stereocenters. The molecule has 8 heteroatoms. The van der Waals surface area contributed by atoms with Gasteiger partial charge in [0.15, 0.2) is 0 Å². The number of hydrogen-bond donors (Lipinski definition) is 2. The second-order valence-corrected chi connectivity index (χ2v) is 8.07. The average Bonchev–Trinajstić information content (AvgIpc) is 2.46. The van der Waals surface area contributed by atoms with Gasteiger partial charge in [-0.1, -0.05) is 0 Å². The van der Waals surface area contributed by atoms with Crippen molar-refractivity contribution in [1.29, 1.82) is 0 Å². The first kappa shape index (κ1) is 16.7. The number of piperazine rings is 1. The Morgan fingerprint density at radius 3 is 2.38 bits per heavy atom. The molecule has 0 aromatic heterocycles. The molecule has 0 bridgehead atoms. The van der Waals surface area contributed by atoms with Crippen LogP contribution in [0, 0.1) is 0 Å². The summed E-state index contributed by atoms with van der Waals surface area (Å²) in [6.45, 7) is 2.35. The van der Waals surface area contributed by atoms with Crippen molar-refractivity contribution in [3.05, 3.63) is 0 Å². The van der Waals surface area contributed by atoms with E-state index in [9.17, 15) is 18.3 Å². The number of nitrogens with zero attached hydrogens (tertiary/aromatic N) is 2. The Kier molecular flexibility index (Phi) is 4.92. The molecule has 0 amide bonds. The van der Waals surface area contributed by atoms with E-state index in [1.165, 1.54) is 10.6 Å². The number of sulfonamides is 1. The first-order valence-corrected chi connectivity index (χ1v) is 9.25. The molecular formula is C13H25N3O4S. The van der Waals surface area contributed by atoms with Gasteiger partial charge in [-0.3, -0.25) is 9.69 Å². The summed E-state index contributed by atoms with van der Waals surface area (Å²) in [5.74, 6) is -0.788. The van der Waals surface area contributed by atoms with Gasteiger partial charge in [0.25, 0.3) is 0 Å². The molecule has 1 aliphatic carbocycles. The van der Waals surface area contributed by atoms with Gasteiger partial charge in [0.05, 0.1) is 6.26 Å². The van der Waals surface area contributed by atoms with Crippen LogP contribution in [0.4, 0.5) is 0 Å². The molecule has 0 radical (unpaired) electrons. The van der Waals surface area contributed by atoms with Crippen molar-refractivity contribution in [2.45, 2.75) is 37.3 Å². The van der Waals surface area contributed by atoms with Gasteiger partial charge in [-0.25, -0.2) is 8.42 Å². The van der Waals surface area contributed by atoms with Gasteiger partial charge in [-0.15, -0.1) is 0 Å². The van der Waals surface area contributed by atoms with Crippen molar-refractivity contribution < 1.29 is 18.3 Å². The number of carbonyl (C=O) groups is 1. The SMILES string of the molecule is CNC1(C(=O)O)CCCC(N2CCN(S(C)(=O)=O)CC2)C1. The Labute approximate surface area is 126 Å². The molecule has 2 fully saturated rings. The summed E-state index contributed by atoms with van der Waals surface area (Å²) in [5, 5.41) is 12.5. The molecule has 1 saturated heterocycles. The van der Waals surface area contributed by atoms with Crippen molar-refractivity contribution >= 4 is 16.0 Å². The van der Waals surface area contributed by atoms with Crippen molar-refractivity contribution in [1.82, 2.24) is 14.5 Å². The van der Waals surface area contributed by atoms with E-state index in [-0.39, 0.29) is 6.04 Å². The van der Waals surface area contributed by atoms with Gasteiger partial charge in [0.2, 0.25) is 10.0 Å². The molecule has 1 aliphatic heterocycles. The third-order valence-corrected chi connectivity index (χ3v) is 6.17. The first-order chi connectivity index (χ1) is 9.78. The minimum Gasteiger partial charge on any atom is -0.480 e. The van der Waals surface area contributed by atoms with Crippen molar-refractivity contribution in [2.75, 3.05) is 39.5 Å². The molecule has 2 rings (SSSR count). The highest BCUT2D eigenvalue weighted by molar-refractivity contribution is 7.88. The van der Waals surface area contributed by atoms with Crippen LogP contribution in [-0.2, 0) is 14.8 Å². The van der Waals surface area contributed by atoms with Gasteiger partial charge in [0, 0.05) is 32.2 Å². The van der Waals surface area contributed by atoms with E-state index in [1.54, 1.807) is 7.05 Å². The van der Waals surface area contributed by atoms with Crippen LogP contribution in [0.3, 0.4) is 0 Å². The number of hydrogen-bond acceptors (Lipinski definition) is 5. The topological polar surface area (TPSA) is 89.9 Å². The maximum atomic E-state index is 11.6. The van der Waals surface area contributed by atoms with Crippen LogP contribution in [0.5, 0.6) is 0 Å². The zero-order valence-corrected chi connectivity index (χ0v) is 13.5. The molecule has 1 heterocycles. The summed E-state index contributed by atoms with van der Waals surface area (Å²) >= 11 is 0. The number of aliphatic carboxylic acids is 1. The fourth-order valence-electron chi connectivity index (χ4n) is 3.49. The molecule has 0 spiro atoms. The standard InChI is InChI=1S/C13H25N3O4S/c1-14-13(12(17)18)5-3-4-11(10-13)15-6-8-16(9-7-15)21(2,19)20/h11,14H,3-10H2,1-2H3,(H,17,18). The van der Waals surface area contributed by atoms with Crippen molar-refractivity contribution in [2.24, 2.45) is 0 Å². The lowest BCUT2D eigenvalue weighted by Gasteiger charge is -2.44. The van der Waals surface area contributed by atoms with Crippen LogP contribution in [0.1, 0.15) is 25.7 Å². The average molecular weight is 319 g/mol. The third-order valence-electron chi connectivity index (χ3n) is 4.87. The Hall–Kier alpha value is -0.700. The van der Waals surface area contributed by atoms with E-state index in [2.05, 4.69) is 10.2 Å². The van der Waals surface area contributed by atoms with Gasteiger partial charge in [-0.2, -0.15) is 4.31 Å². The van der Waals surface area contributed by atoms with E-state index >= 15 is 0 Å². The molecule has 1 saturated carbocycles. The number of carboxylic acid groups (broad SMARTS) is 1. The van der Waals surface area contributed by atoms with Crippen LogP contribution in [0.2, 0.25) is 0 Å². The predicted molar refractivity (Wildman–Crippen MR) is 79.7 cm³/mol. The molecule has 21 heavy (non-hydrogen) atoms. The van der Waals surface area contributed by atoms with Crippen molar-refractivity contribution in [3.8, 4) is 0 Å². The summed E-state index contributed by atoms with van der Waals surface area (Å²) in [5.41, 5.74) is -0.836. The Morgan fingerprint density at radius 1 is 1.29 bits per heavy atom. The smallest absolute Gasteiger partial charge is 0.323 e. The predicted octanol–water partition coefficient (Wildman–Crippen LogP) is -0.451. The quantitative estimate of drug-likeness (QED) is 0.729. The van der Waals surface area contributed by atoms with Gasteiger partial charge in [-0.05, 0) is 32.7 Å². The minimum atomic E-state index is -3.12. The lowest BCUT2D eigenvalue weighted by Crippen LogP contribution is -2.59. The highest BCUT2D eigenvalue weighted by Gasteiger charge is 2.43. The number of likely N-dealkylation sites (N-methyl/N-ethyl adjacent to an activating group) is 1. The second-order valence-electron chi connectivity index (χ2n) is 6.09. The molecule has 2 N–H and O–H groups in total. The van der Waals surface area contributed by atoms with Crippen molar-refractivity contribution in [3.63, 3.8) is 0 Å². The van der Waals surface area contributed by atoms with E-state index < -0.39 is 21.5 Å². The maximum absolute atomic E-state index is 11.6. The largest absolute Gasteiger partial charge is 0.480 e.